The third-order valence-electron chi connectivity index (χ3n) is 2.77. The van der Waals surface area contributed by atoms with Crippen LogP contribution in [0.5, 0.6) is 0 Å². The highest BCUT2D eigenvalue weighted by Gasteiger charge is 2.30. The summed E-state index contributed by atoms with van der Waals surface area (Å²) in [5.41, 5.74) is 2.83. The Kier molecular flexibility index (Phi) is 4.23. The van der Waals surface area contributed by atoms with Crippen LogP contribution in [0.2, 0.25) is 0 Å². The molecule has 0 bridgehead atoms. The molecule has 1 heterocycles. The van der Waals surface area contributed by atoms with Gasteiger partial charge in [-0.25, -0.2) is 0 Å². The Labute approximate surface area is 80.0 Å². The van der Waals surface area contributed by atoms with Crippen LogP contribution in [0.3, 0.4) is 0 Å². The van der Waals surface area contributed by atoms with E-state index in [2.05, 4.69) is 18.3 Å². The molecule has 3 nitrogen and oxygen atoms in total. The maximum absolute atomic E-state index is 5.48. The van der Waals surface area contributed by atoms with Gasteiger partial charge in [0.25, 0.3) is 0 Å². The van der Waals surface area contributed by atoms with E-state index < -0.39 is 0 Å². The Morgan fingerprint density at radius 3 is 3.00 bits per heavy atom. The van der Waals surface area contributed by atoms with Crippen molar-refractivity contribution in [2.45, 2.75) is 38.3 Å². The van der Waals surface area contributed by atoms with Gasteiger partial charge in [-0.05, 0) is 19.8 Å². The second-order valence-corrected chi connectivity index (χ2v) is 3.54. The number of nitrogens with one attached hydrogen (secondary N) is 1. The van der Waals surface area contributed by atoms with Crippen LogP contribution in [0.4, 0.5) is 0 Å². The standard InChI is InChI=1S/C10H18N2O/c1-3-4-5-10(12-11)9-6-7-13-8(9)2/h1,8-10,12H,4-7,11H2,2H3. The normalized spacial score (nSPS) is 29.9. The lowest BCUT2D eigenvalue weighted by atomic mass is 9.91. The molecule has 0 saturated carbocycles. The van der Waals surface area contributed by atoms with E-state index in [4.69, 9.17) is 17.0 Å². The molecule has 1 aliphatic heterocycles. The first-order chi connectivity index (χ1) is 6.29. The molecule has 0 radical (unpaired) electrons. The lowest BCUT2D eigenvalue weighted by Crippen LogP contribution is -2.43. The van der Waals surface area contributed by atoms with Crippen molar-refractivity contribution in [3.05, 3.63) is 0 Å². The molecular formula is C10H18N2O. The van der Waals surface area contributed by atoms with Crippen molar-refractivity contribution in [2.24, 2.45) is 11.8 Å². The van der Waals surface area contributed by atoms with Gasteiger partial charge in [-0.15, -0.1) is 12.3 Å². The first kappa shape index (κ1) is 10.5. The Bertz CT molecular complexity index is 188. The van der Waals surface area contributed by atoms with Crippen molar-refractivity contribution in [3.63, 3.8) is 0 Å². The number of nitrogens with two attached hydrogens (primary N) is 1. The summed E-state index contributed by atoms with van der Waals surface area (Å²) in [4.78, 5) is 0. The van der Waals surface area contributed by atoms with Gasteiger partial charge in [0.15, 0.2) is 0 Å². The van der Waals surface area contributed by atoms with E-state index in [0.717, 1.165) is 25.9 Å². The lowest BCUT2D eigenvalue weighted by Gasteiger charge is -2.24. The van der Waals surface area contributed by atoms with Crippen LogP contribution >= 0.6 is 0 Å². The van der Waals surface area contributed by atoms with Gasteiger partial charge in [0, 0.05) is 25.0 Å². The molecule has 1 rings (SSSR count). The molecule has 0 aromatic heterocycles. The fourth-order valence-electron chi connectivity index (χ4n) is 1.94. The van der Waals surface area contributed by atoms with Crippen molar-refractivity contribution in [1.82, 2.24) is 5.43 Å². The average molecular weight is 182 g/mol. The third-order valence-corrected chi connectivity index (χ3v) is 2.77. The lowest BCUT2D eigenvalue weighted by molar-refractivity contribution is 0.0945. The number of terminal acetylenes is 1. The summed E-state index contributed by atoms with van der Waals surface area (Å²) in [6.45, 7) is 2.94. The van der Waals surface area contributed by atoms with Crippen LogP contribution in [0.1, 0.15) is 26.2 Å². The maximum Gasteiger partial charge on any atom is 0.0591 e. The zero-order valence-electron chi connectivity index (χ0n) is 8.12. The highest BCUT2D eigenvalue weighted by molar-refractivity contribution is 4.89. The SMILES string of the molecule is C#CCCC(NN)C1CCOC1C. The van der Waals surface area contributed by atoms with Gasteiger partial charge in [-0.3, -0.25) is 11.3 Å². The van der Waals surface area contributed by atoms with Crippen molar-refractivity contribution in [1.29, 1.82) is 0 Å². The minimum Gasteiger partial charge on any atom is -0.378 e. The van der Waals surface area contributed by atoms with E-state index in [1.54, 1.807) is 0 Å². The molecule has 0 spiro atoms. The largest absolute Gasteiger partial charge is 0.378 e. The molecule has 3 heteroatoms. The van der Waals surface area contributed by atoms with E-state index >= 15 is 0 Å². The Hall–Kier alpha value is -0.560. The molecule has 0 amide bonds. The van der Waals surface area contributed by atoms with E-state index in [-0.39, 0.29) is 0 Å². The molecule has 13 heavy (non-hydrogen) atoms. The van der Waals surface area contributed by atoms with Crippen molar-refractivity contribution in [2.75, 3.05) is 6.61 Å². The zero-order chi connectivity index (χ0) is 9.68. The van der Waals surface area contributed by atoms with Gasteiger partial charge >= 0.3 is 0 Å². The molecule has 0 aromatic carbocycles. The van der Waals surface area contributed by atoms with Crippen LogP contribution in [0.25, 0.3) is 0 Å². The fraction of sp³-hybridized carbons (Fsp3) is 0.800. The van der Waals surface area contributed by atoms with Crippen molar-refractivity contribution in [3.8, 4) is 12.3 Å². The third kappa shape index (κ3) is 2.70. The van der Waals surface area contributed by atoms with Crippen LogP contribution in [-0.2, 0) is 4.74 Å². The van der Waals surface area contributed by atoms with Crippen LogP contribution in [-0.4, -0.2) is 18.8 Å². The molecule has 3 unspecified atom stereocenters. The van der Waals surface area contributed by atoms with Gasteiger partial charge in [-0.2, -0.15) is 0 Å². The summed E-state index contributed by atoms with van der Waals surface area (Å²) in [6.07, 6.45) is 8.32. The van der Waals surface area contributed by atoms with Crippen molar-refractivity contribution < 1.29 is 4.74 Å². The number of rotatable bonds is 4. The molecule has 1 aliphatic rings. The number of ether oxygens (including phenoxy) is 1. The summed E-state index contributed by atoms with van der Waals surface area (Å²) in [7, 11) is 0. The molecule has 74 valence electrons. The van der Waals surface area contributed by atoms with Gasteiger partial charge in [0.05, 0.1) is 6.10 Å². The molecule has 1 fully saturated rings. The smallest absolute Gasteiger partial charge is 0.0591 e. The molecule has 3 N–H and O–H groups in total. The van der Waals surface area contributed by atoms with Crippen LogP contribution in [0, 0.1) is 18.3 Å². The Morgan fingerprint density at radius 2 is 2.54 bits per heavy atom. The second-order valence-electron chi connectivity index (χ2n) is 3.54. The predicted octanol–water partition coefficient (Wildman–Crippen LogP) is 0.657. The monoisotopic (exact) mass is 182 g/mol. The van der Waals surface area contributed by atoms with Gasteiger partial charge in [0.1, 0.15) is 0 Å². The summed E-state index contributed by atoms with van der Waals surface area (Å²) in [6, 6.07) is 0.300. The quantitative estimate of drug-likeness (QED) is 0.381. The van der Waals surface area contributed by atoms with Gasteiger partial charge < -0.3 is 4.74 Å². The van der Waals surface area contributed by atoms with Crippen LogP contribution < -0.4 is 11.3 Å². The summed E-state index contributed by atoms with van der Waals surface area (Å²) >= 11 is 0. The first-order valence-corrected chi connectivity index (χ1v) is 4.80. The number of hydrazine groups is 1. The zero-order valence-corrected chi connectivity index (χ0v) is 8.12. The summed E-state index contributed by atoms with van der Waals surface area (Å²) in [5, 5.41) is 0. The molecule has 3 atom stereocenters. The van der Waals surface area contributed by atoms with Crippen LogP contribution in [0.15, 0.2) is 0 Å². The number of hydrogen-bond acceptors (Lipinski definition) is 3. The molecule has 0 aromatic rings. The highest BCUT2D eigenvalue weighted by Crippen LogP contribution is 2.25. The van der Waals surface area contributed by atoms with Crippen molar-refractivity contribution >= 4 is 0 Å². The maximum atomic E-state index is 5.48. The van der Waals surface area contributed by atoms with Gasteiger partial charge in [-0.1, -0.05) is 0 Å². The fourth-order valence-corrected chi connectivity index (χ4v) is 1.94. The molecule has 0 aliphatic carbocycles. The van der Waals surface area contributed by atoms with E-state index in [0.29, 0.717) is 18.1 Å². The number of hydrogen-bond donors (Lipinski definition) is 2. The highest BCUT2D eigenvalue weighted by atomic mass is 16.5. The Balaban J connectivity index is 2.41. The first-order valence-electron chi connectivity index (χ1n) is 4.80. The minimum atomic E-state index is 0.300. The van der Waals surface area contributed by atoms with E-state index in [1.165, 1.54) is 0 Å². The molecule has 1 saturated heterocycles. The Morgan fingerprint density at radius 1 is 1.77 bits per heavy atom. The minimum absolute atomic E-state index is 0.300. The molecular weight excluding hydrogens is 164 g/mol. The summed E-state index contributed by atoms with van der Waals surface area (Å²) in [5.74, 6) is 8.63. The predicted molar refractivity (Wildman–Crippen MR) is 52.7 cm³/mol. The average Bonchev–Trinajstić information content (AvgIpc) is 2.54. The topological polar surface area (TPSA) is 47.3 Å². The van der Waals surface area contributed by atoms with E-state index in [1.807, 2.05) is 0 Å². The second kappa shape index (κ2) is 5.23. The summed E-state index contributed by atoms with van der Waals surface area (Å²) < 4.78 is 5.48. The van der Waals surface area contributed by atoms with E-state index in [9.17, 15) is 0 Å². The van der Waals surface area contributed by atoms with Gasteiger partial charge in [0.2, 0.25) is 0 Å².